The van der Waals surface area contributed by atoms with Crippen LogP contribution < -0.4 is 10.7 Å². The molecule has 34 heavy (non-hydrogen) atoms. The molecule has 1 aliphatic rings. The van der Waals surface area contributed by atoms with Crippen LogP contribution in [0, 0.1) is 5.92 Å². The minimum atomic E-state index is -0.541. The summed E-state index contributed by atoms with van der Waals surface area (Å²) in [7, 11) is 3.21. The molecule has 2 aromatic heterocycles. The molecule has 2 amide bonds. The van der Waals surface area contributed by atoms with Crippen LogP contribution in [0.15, 0.2) is 52.9 Å². The molecule has 0 bridgehead atoms. The van der Waals surface area contributed by atoms with Crippen LogP contribution in [0.1, 0.15) is 57.8 Å². The van der Waals surface area contributed by atoms with Gasteiger partial charge >= 0.3 is 0 Å². The molecule has 1 fully saturated rings. The SMILES string of the molecule is CN(C)C(=O)c1cn(CC2CCCCC2)cc(C(=O)NCc2nc(-c3ccccc3)cs2)c1=O. The van der Waals surface area contributed by atoms with Crippen molar-refractivity contribution in [3.8, 4) is 11.3 Å². The predicted molar refractivity (Wildman–Crippen MR) is 134 cm³/mol. The Labute approximate surface area is 203 Å². The Balaban J connectivity index is 1.54. The molecule has 3 aromatic rings. The third kappa shape index (κ3) is 5.62. The smallest absolute Gasteiger partial charge is 0.258 e. The Morgan fingerprint density at radius 2 is 1.79 bits per heavy atom. The van der Waals surface area contributed by atoms with Crippen molar-refractivity contribution < 1.29 is 9.59 Å². The van der Waals surface area contributed by atoms with E-state index in [2.05, 4.69) is 10.3 Å². The first kappa shape index (κ1) is 23.9. The third-order valence-electron chi connectivity index (χ3n) is 6.18. The number of nitrogens with zero attached hydrogens (tertiary/aromatic N) is 3. The molecule has 1 aromatic carbocycles. The van der Waals surface area contributed by atoms with Gasteiger partial charge in [0.25, 0.3) is 11.8 Å². The number of pyridine rings is 1. The molecule has 2 heterocycles. The number of thiazole rings is 1. The van der Waals surface area contributed by atoms with Crippen LogP contribution in [-0.4, -0.2) is 40.4 Å². The summed E-state index contributed by atoms with van der Waals surface area (Å²) < 4.78 is 1.85. The monoisotopic (exact) mass is 478 g/mol. The fraction of sp³-hybridized carbons (Fsp3) is 0.385. The van der Waals surface area contributed by atoms with Gasteiger partial charge in [-0.05, 0) is 18.8 Å². The number of amides is 2. The lowest BCUT2D eigenvalue weighted by Crippen LogP contribution is -2.35. The Morgan fingerprint density at radius 1 is 1.09 bits per heavy atom. The maximum atomic E-state index is 13.1. The largest absolute Gasteiger partial charge is 0.352 e. The molecular weight excluding hydrogens is 448 g/mol. The topological polar surface area (TPSA) is 84.3 Å². The van der Waals surface area contributed by atoms with E-state index in [9.17, 15) is 14.4 Å². The van der Waals surface area contributed by atoms with Crippen molar-refractivity contribution in [1.29, 1.82) is 0 Å². The van der Waals surface area contributed by atoms with Crippen LogP contribution in [0.25, 0.3) is 11.3 Å². The van der Waals surface area contributed by atoms with E-state index in [0.29, 0.717) is 12.5 Å². The van der Waals surface area contributed by atoms with E-state index >= 15 is 0 Å². The highest BCUT2D eigenvalue weighted by atomic mass is 32.1. The fourth-order valence-corrected chi connectivity index (χ4v) is 5.09. The van der Waals surface area contributed by atoms with Crippen molar-refractivity contribution in [3.63, 3.8) is 0 Å². The molecule has 0 radical (unpaired) electrons. The number of nitrogens with one attached hydrogen (secondary N) is 1. The number of carbonyl (C=O) groups is 2. The molecule has 8 heteroatoms. The highest BCUT2D eigenvalue weighted by Gasteiger charge is 2.22. The molecule has 1 saturated carbocycles. The zero-order chi connectivity index (χ0) is 24.1. The van der Waals surface area contributed by atoms with Gasteiger partial charge in [0.1, 0.15) is 16.1 Å². The first-order chi connectivity index (χ1) is 16.4. The molecule has 4 rings (SSSR count). The quantitative estimate of drug-likeness (QED) is 0.552. The maximum absolute atomic E-state index is 13.1. The average Bonchev–Trinajstić information content (AvgIpc) is 3.33. The molecule has 178 valence electrons. The Kier molecular flexibility index (Phi) is 7.57. The Morgan fingerprint density at radius 3 is 2.50 bits per heavy atom. The van der Waals surface area contributed by atoms with Gasteiger partial charge in [0.15, 0.2) is 0 Å². The van der Waals surface area contributed by atoms with Crippen LogP contribution in [0.2, 0.25) is 0 Å². The zero-order valence-corrected chi connectivity index (χ0v) is 20.4. The summed E-state index contributed by atoms with van der Waals surface area (Å²) in [5, 5.41) is 5.51. The van der Waals surface area contributed by atoms with Crippen LogP contribution in [0.5, 0.6) is 0 Å². The van der Waals surface area contributed by atoms with Gasteiger partial charge in [0, 0.05) is 44.0 Å². The number of hydrogen-bond donors (Lipinski definition) is 1. The van der Waals surface area contributed by atoms with Gasteiger partial charge in [0.05, 0.1) is 12.2 Å². The molecular formula is C26H30N4O3S. The molecule has 0 atom stereocenters. The normalized spacial score (nSPS) is 14.1. The number of carbonyl (C=O) groups excluding carboxylic acids is 2. The standard InChI is InChI=1S/C26H30N4O3S/c1-29(2)26(33)21-16-30(14-18-9-5-3-6-10-18)15-20(24(21)31)25(32)27-13-23-28-22(17-34-23)19-11-7-4-8-12-19/h4,7-8,11-12,15-18H,3,5-6,9-10,13-14H2,1-2H3,(H,27,32). The molecule has 0 spiro atoms. The van der Waals surface area contributed by atoms with E-state index in [4.69, 9.17) is 0 Å². The van der Waals surface area contributed by atoms with Crippen molar-refractivity contribution in [2.45, 2.75) is 45.2 Å². The lowest BCUT2D eigenvalue weighted by Gasteiger charge is -2.23. The molecule has 1 N–H and O–H groups in total. The predicted octanol–water partition coefficient (Wildman–Crippen LogP) is 4.18. The van der Waals surface area contributed by atoms with Gasteiger partial charge in [-0.15, -0.1) is 11.3 Å². The van der Waals surface area contributed by atoms with Gasteiger partial charge < -0.3 is 14.8 Å². The molecule has 7 nitrogen and oxygen atoms in total. The van der Waals surface area contributed by atoms with Crippen LogP contribution >= 0.6 is 11.3 Å². The van der Waals surface area contributed by atoms with Gasteiger partial charge in [-0.2, -0.15) is 0 Å². The lowest BCUT2D eigenvalue weighted by molar-refractivity contribution is 0.0825. The first-order valence-electron chi connectivity index (χ1n) is 11.7. The van der Waals surface area contributed by atoms with E-state index in [0.717, 1.165) is 29.1 Å². The van der Waals surface area contributed by atoms with Gasteiger partial charge in [-0.3, -0.25) is 14.4 Å². The van der Waals surface area contributed by atoms with Crippen molar-refractivity contribution in [3.05, 3.63) is 74.5 Å². The fourth-order valence-electron chi connectivity index (χ4n) is 4.34. The van der Waals surface area contributed by atoms with Crippen LogP contribution in [0.3, 0.4) is 0 Å². The number of aromatic nitrogens is 2. The van der Waals surface area contributed by atoms with Crippen molar-refractivity contribution in [2.75, 3.05) is 14.1 Å². The van der Waals surface area contributed by atoms with E-state index in [1.54, 1.807) is 26.5 Å². The van der Waals surface area contributed by atoms with Crippen LogP contribution in [0.4, 0.5) is 0 Å². The third-order valence-corrected chi connectivity index (χ3v) is 7.02. The Bertz CT molecular complexity index is 1210. The molecule has 0 saturated heterocycles. The minimum absolute atomic E-state index is 0.0108. The van der Waals surface area contributed by atoms with Crippen LogP contribution in [-0.2, 0) is 13.1 Å². The van der Waals surface area contributed by atoms with E-state index in [1.807, 2.05) is 40.3 Å². The average molecular weight is 479 g/mol. The summed E-state index contributed by atoms with van der Waals surface area (Å²) in [5.41, 5.74) is 1.33. The second-order valence-corrected chi connectivity index (χ2v) is 9.93. The van der Waals surface area contributed by atoms with Crippen molar-refractivity contribution in [2.24, 2.45) is 5.92 Å². The number of rotatable bonds is 7. The lowest BCUT2D eigenvalue weighted by atomic mass is 9.89. The summed E-state index contributed by atoms with van der Waals surface area (Å²) in [6.45, 7) is 0.908. The van der Waals surface area contributed by atoms with Gasteiger partial charge in [-0.1, -0.05) is 49.6 Å². The maximum Gasteiger partial charge on any atom is 0.258 e. The zero-order valence-electron chi connectivity index (χ0n) is 19.6. The van der Waals surface area contributed by atoms with Gasteiger partial charge in [0.2, 0.25) is 5.43 Å². The molecule has 0 unspecified atom stereocenters. The van der Waals surface area contributed by atoms with E-state index < -0.39 is 17.2 Å². The van der Waals surface area contributed by atoms with E-state index in [-0.39, 0.29) is 17.7 Å². The number of benzene rings is 1. The van der Waals surface area contributed by atoms with Crippen molar-refractivity contribution >= 4 is 23.2 Å². The summed E-state index contributed by atoms with van der Waals surface area (Å²) in [5.74, 6) is -0.405. The molecule has 0 aliphatic heterocycles. The summed E-state index contributed by atoms with van der Waals surface area (Å²) in [4.78, 5) is 44.7. The summed E-state index contributed by atoms with van der Waals surface area (Å²) in [6.07, 6.45) is 9.08. The molecule has 1 aliphatic carbocycles. The second-order valence-electron chi connectivity index (χ2n) is 8.99. The Hall–Kier alpha value is -3.26. The minimum Gasteiger partial charge on any atom is -0.352 e. The number of hydrogen-bond acceptors (Lipinski definition) is 5. The second kappa shape index (κ2) is 10.8. The highest BCUT2D eigenvalue weighted by molar-refractivity contribution is 7.09. The highest BCUT2D eigenvalue weighted by Crippen LogP contribution is 2.25. The summed E-state index contributed by atoms with van der Waals surface area (Å²) in [6, 6.07) is 9.83. The first-order valence-corrected chi connectivity index (χ1v) is 12.5. The summed E-state index contributed by atoms with van der Waals surface area (Å²) >= 11 is 1.45. The van der Waals surface area contributed by atoms with E-state index in [1.165, 1.54) is 35.5 Å². The van der Waals surface area contributed by atoms with Gasteiger partial charge in [-0.25, -0.2) is 4.98 Å². The van der Waals surface area contributed by atoms with Crippen molar-refractivity contribution in [1.82, 2.24) is 19.8 Å².